The van der Waals surface area contributed by atoms with Gasteiger partial charge in [-0.25, -0.2) is 0 Å². The second kappa shape index (κ2) is 10.2. The van der Waals surface area contributed by atoms with E-state index in [-0.39, 0.29) is 33.0 Å². The van der Waals surface area contributed by atoms with Gasteiger partial charge in [-0.1, -0.05) is 35.9 Å². The number of nitrogens with zero attached hydrogens (tertiary/aromatic N) is 2. The Bertz CT molecular complexity index is 1500. The summed E-state index contributed by atoms with van der Waals surface area (Å²) in [4.78, 5) is 36.5. The largest absolute Gasteiger partial charge is 0.378 e. The van der Waals surface area contributed by atoms with E-state index in [0.717, 1.165) is 47.2 Å². The minimum absolute atomic E-state index is 0.0158. The van der Waals surface area contributed by atoms with Gasteiger partial charge in [-0.3, -0.25) is 24.6 Å². The number of hydrogen-bond acceptors (Lipinski definition) is 8. The average Bonchev–Trinajstić information content (AvgIpc) is 3.09. The van der Waals surface area contributed by atoms with Crippen LogP contribution in [-0.2, 0) is 21.5 Å². The topological polar surface area (TPSA) is 124 Å². The first-order chi connectivity index (χ1) is 17.0. The Morgan fingerprint density at radius 3 is 2.33 bits per heavy atom. The summed E-state index contributed by atoms with van der Waals surface area (Å²) in [6, 6.07) is 16.3. The molecule has 4 rings (SSSR count). The molecule has 1 saturated heterocycles. The molecule has 3 aromatic rings. The Hall–Kier alpha value is -3.48. The third kappa shape index (κ3) is 5.66. The van der Waals surface area contributed by atoms with E-state index in [9.17, 15) is 28.1 Å². The van der Waals surface area contributed by atoms with E-state index in [1.807, 2.05) is 31.2 Å². The lowest BCUT2D eigenvalue weighted by atomic mass is 10.1. The number of nitro groups is 1. The minimum atomic E-state index is -4.25. The van der Waals surface area contributed by atoms with Crippen molar-refractivity contribution < 1.29 is 27.1 Å². The van der Waals surface area contributed by atoms with Crippen molar-refractivity contribution >= 4 is 60.7 Å². The van der Waals surface area contributed by atoms with Crippen molar-refractivity contribution in [3.8, 4) is 5.75 Å². The maximum Gasteiger partial charge on any atom is 0.339 e. The second-order valence-electron chi connectivity index (χ2n) is 7.73. The van der Waals surface area contributed by atoms with Crippen LogP contribution in [0.15, 0.2) is 81.0 Å². The fourth-order valence-electron chi connectivity index (χ4n) is 3.24. The van der Waals surface area contributed by atoms with Crippen molar-refractivity contribution in [1.82, 2.24) is 4.90 Å². The maximum atomic E-state index is 12.8. The van der Waals surface area contributed by atoms with E-state index in [0.29, 0.717) is 10.0 Å². The summed E-state index contributed by atoms with van der Waals surface area (Å²) in [5.41, 5.74) is 2.21. The van der Waals surface area contributed by atoms with Gasteiger partial charge in [0, 0.05) is 12.1 Å². The Morgan fingerprint density at radius 1 is 1.06 bits per heavy atom. The number of non-ortho nitro benzene ring substituents is 1. The van der Waals surface area contributed by atoms with Gasteiger partial charge in [0.05, 0.1) is 20.8 Å². The van der Waals surface area contributed by atoms with Gasteiger partial charge in [0.25, 0.3) is 16.8 Å². The molecule has 2 amide bonds. The van der Waals surface area contributed by atoms with E-state index in [1.54, 1.807) is 18.2 Å². The number of carbonyl (C=O) groups excluding carboxylic acids is 2. The molecule has 0 spiro atoms. The van der Waals surface area contributed by atoms with E-state index in [4.69, 9.17) is 4.18 Å². The number of thioether (sulfide) groups is 1. The number of rotatable bonds is 7. The number of carbonyl (C=O) groups is 2. The first-order valence-corrected chi connectivity index (χ1v) is 13.3. The third-order valence-electron chi connectivity index (χ3n) is 5.12. The molecular weight excluding hydrogens is 572 g/mol. The van der Waals surface area contributed by atoms with Crippen molar-refractivity contribution in [2.45, 2.75) is 18.4 Å². The molecule has 0 unspecified atom stereocenters. The van der Waals surface area contributed by atoms with Gasteiger partial charge in [0.1, 0.15) is 4.90 Å². The molecule has 9 nitrogen and oxygen atoms in total. The quantitative estimate of drug-likeness (QED) is 0.150. The molecule has 3 aromatic carbocycles. The molecule has 0 radical (unpaired) electrons. The fraction of sp³-hybridized carbons (Fsp3) is 0.0833. The number of benzene rings is 3. The number of imide groups is 1. The molecule has 1 aliphatic heterocycles. The number of amides is 2. The maximum absolute atomic E-state index is 12.8. The smallest absolute Gasteiger partial charge is 0.339 e. The molecule has 36 heavy (non-hydrogen) atoms. The van der Waals surface area contributed by atoms with Crippen LogP contribution in [0.4, 0.5) is 10.5 Å². The molecule has 1 heterocycles. The normalized spacial score (nSPS) is 14.9. The highest BCUT2D eigenvalue weighted by molar-refractivity contribution is 9.10. The third-order valence-corrected chi connectivity index (χ3v) is 7.90. The predicted octanol–water partition coefficient (Wildman–Crippen LogP) is 5.67. The summed E-state index contributed by atoms with van der Waals surface area (Å²) in [6.45, 7) is 2.12. The van der Waals surface area contributed by atoms with Crippen LogP contribution < -0.4 is 4.18 Å². The lowest BCUT2D eigenvalue weighted by molar-refractivity contribution is -0.384. The summed E-state index contributed by atoms with van der Waals surface area (Å²) >= 11 is 4.09. The van der Waals surface area contributed by atoms with Crippen LogP contribution in [0.5, 0.6) is 5.75 Å². The second-order valence-corrected chi connectivity index (χ2v) is 11.1. The lowest BCUT2D eigenvalue weighted by Gasteiger charge is -2.12. The van der Waals surface area contributed by atoms with E-state index in [1.165, 1.54) is 11.0 Å². The number of halogens is 1. The van der Waals surface area contributed by atoms with E-state index < -0.39 is 20.9 Å². The Kier molecular flexibility index (Phi) is 7.29. The molecule has 0 N–H and O–H groups in total. The van der Waals surface area contributed by atoms with Crippen molar-refractivity contribution in [2.24, 2.45) is 0 Å². The summed E-state index contributed by atoms with van der Waals surface area (Å²) < 4.78 is 30.6. The molecule has 0 atom stereocenters. The van der Waals surface area contributed by atoms with Gasteiger partial charge in [-0.05, 0) is 76.1 Å². The van der Waals surface area contributed by atoms with Crippen molar-refractivity contribution in [3.05, 3.63) is 103 Å². The average molecular weight is 589 g/mol. The number of nitro benzene ring substituents is 1. The van der Waals surface area contributed by atoms with Crippen molar-refractivity contribution in [2.75, 3.05) is 0 Å². The highest BCUT2D eigenvalue weighted by Gasteiger charge is 2.35. The number of aryl methyl sites for hydroxylation is 1. The zero-order valence-corrected chi connectivity index (χ0v) is 21.8. The standard InChI is InChI=1S/C24H17BrN2O7S2/c1-15-2-4-16(5-3-15)14-26-23(28)22(35-24(26)29)13-17-6-11-21(20(25)12-17)34-36(32,33)19-9-7-18(8-10-19)27(30)31/h2-13H,14H2,1H3/b22-13-. The SMILES string of the molecule is Cc1ccc(CN2C(=O)S/C(=C\c3ccc(OS(=O)(=O)c4ccc([N+](=O)[O-])cc4)c(Br)c3)C2=O)cc1. The van der Waals surface area contributed by atoms with Crippen LogP contribution in [0.3, 0.4) is 0 Å². The van der Waals surface area contributed by atoms with Crippen LogP contribution in [0.25, 0.3) is 6.08 Å². The lowest BCUT2D eigenvalue weighted by Crippen LogP contribution is -2.27. The molecule has 12 heteroatoms. The predicted molar refractivity (Wildman–Crippen MR) is 138 cm³/mol. The van der Waals surface area contributed by atoms with Crippen molar-refractivity contribution in [3.63, 3.8) is 0 Å². The van der Waals surface area contributed by atoms with Gasteiger partial charge < -0.3 is 4.18 Å². The van der Waals surface area contributed by atoms with E-state index >= 15 is 0 Å². The molecule has 0 aliphatic carbocycles. The highest BCUT2D eigenvalue weighted by Crippen LogP contribution is 2.35. The number of hydrogen-bond donors (Lipinski definition) is 0. The molecule has 184 valence electrons. The van der Waals surface area contributed by atoms with E-state index in [2.05, 4.69) is 15.9 Å². The van der Waals surface area contributed by atoms with Crippen molar-refractivity contribution in [1.29, 1.82) is 0 Å². The van der Waals surface area contributed by atoms with Gasteiger partial charge in [-0.15, -0.1) is 0 Å². The Labute approximate surface area is 219 Å². The van der Waals surface area contributed by atoms with Crippen LogP contribution in [0.2, 0.25) is 0 Å². The van der Waals surface area contributed by atoms with Crippen LogP contribution in [0, 0.1) is 17.0 Å². The highest BCUT2D eigenvalue weighted by atomic mass is 79.9. The fourth-order valence-corrected chi connectivity index (χ4v) is 5.61. The molecule has 0 saturated carbocycles. The first kappa shape index (κ1) is 25.6. The summed E-state index contributed by atoms with van der Waals surface area (Å²) in [6.07, 6.45) is 1.54. The van der Waals surface area contributed by atoms with Crippen LogP contribution in [0.1, 0.15) is 16.7 Å². The van der Waals surface area contributed by atoms with Gasteiger partial charge in [0.2, 0.25) is 0 Å². The van der Waals surface area contributed by atoms with Gasteiger partial charge >= 0.3 is 10.1 Å². The Balaban J connectivity index is 1.50. The molecule has 1 aliphatic rings. The van der Waals surface area contributed by atoms with Gasteiger partial charge in [0.15, 0.2) is 5.75 Å². The van der Waals surface area contributed by atoms with Crippen LogP contribution in [-0.4, -0.2) is 29.4 Å². The Morgan fingerprint density at radius 2 is 1.72 bits per heavy atom. The zero-order chi connectivity index (χ0) is 26.0. The molecule has 0 aromatic heterocycles. The first-order valence-electron chi connectivity index (χ1n) is 10.3. The summed E-state index contributed by atoms with van der Waals surface area (Å²) in [7, 11) is -4.25. The molecular formula is C24H17BrN2O7S2. The molecule has 1 fully saturated rings. The van der Waals surface area contributed by atoms with Gasteiger partial charge in [-0.2, -0.15) is 8.42 Å². The monoisotopic (exact) mass is 588 g/mol. The van der Waals surface area contributed by atoms with Crippen LogP contribution >= 0.6 is 27.7 Å². The molecule has 0 bridgehead atoms. The minimum Gasteiger partial charge on any atom is -0.378 e. The zero-order valence-electron chi connectivity index (χ0n) is 18.6. The summed E-state index contributed by atoms with van der Waals surface area (Å²) in [5, 5.41) is 10.4. The summed E-state index contributed by atoms with van der Waals surface area (Å²) in [5.74, 6) is -0.430.